The molecule has 14 heteroatoms. The van der Waals surface area contributed by atoms with E-state index in [0.29, 0.717) is 27.6 Å². The Kier molecular flexibility index (Phi) is 6.60. The number of benzene rings is 2. The number of fused-ring (bicyclic) bond motifs is 1. The van der Waals surface area contributed by atoms with Crippen LogP contribution in [0, 0.1) is 15.9 Å². The molecule has 37 heavy (non-hydrogen) atoms. The van der Waals surface area contributed by atoms with Crippen molar-refractivity contribution in [3.05, 3.63) is 88.3 Å². The Balaban J connectivity index is 1.36. The van der Waals surface area contributed by atoms with Gasteiger partial charge in [0.2, 0.25) is 16.0 Å². The van der Waals surface area contributed by atoms with Crippen molar-refractivity contribution in [2.24, 2.45) is 0 Å². The number of aromatic nitrogens is 4. The van der Waals surface area contributed by atoms with Gasteiger partial charge in [0.15, 0.2) is 4.96 Å². The number of halogens is 1. The van der Waals surface area contributed by atoms with Gasteiger partial charge in [0, 0.05) is 48.6 Å². The molecule has 0 radical (unpaired) electrons. The molecule has 3 aromatic heterocycles. The fraction of sp³-hybridized carbons (Fsp3) is 0.0870. The number of nitro benzene ring substituents is 1. The van der Waals surface area contributed by atoms with E-state index in [1.165, 1.54) is 35.6 Å². The molecule has 0 aliphatic heterocycles. The third kappa shape index (κ3) is 5.16. The van der Waals surface area contributed by atoms with Crippen molar-refractivity contribution < 1.29 is 17.7 Å². The molecule has 0 bridgehead atoms. The van der Waals surface area contributed by atoms with Crippen molar-refractivity contribution >= 4 is 38.0 Å². The molecule has 0 fully saturated rings. The second-order valence-corrected chi connectivity index (χ2v) is 10.4. The van der Waals surface area contributed by atoms with Gasteiger partial charge in [0.25, 0.3) is 5.69 Å². The van der Waals surface area contributed by atoms with E-state index < -0.39 is 20.8 Å². The van der Waals surface area contributed by atoms with Crippen LogP contribution >= 0.6 is 11.3 Å². The van der Waals surface area contributed by atoms with Crippen molar-refractivity contribution in [2.45, 2.75) is 4.90 Å². The summed E-state index contributed by atoms with van der Waals surface area (Å²) in [6, 6.07) is 12.5. The average Bonchev–Trinajstić information content (AvgIpc) is 3.49. The van der Waals surface area contributed by atoms with Gasteiger partial charge in [0.05, 0.1) is 15.5 Å². The Bertz CT molecular complexity index is 1700. The van der Waals surface area contributed by atoms with Crippen LogP contribution in [-0.2, 0) is 10.0 Å². The summed E-state index contributed by atoms with van der Waals surface area (Å²) < 4.78 is 42.1. The predicted molar refractivity (Wildman–Crippen MR) is 136 cm³/mol. The maximum Gasteiger partial charge on any atom is 0.270 e. The largest absolute Gasteiger partial charge is 0.353 e. The first kappa shape index (κ1) is 24.4. The summed E-state index contributed by atoms with van der Waals surface area (Å²) in [5.74, 6) is -0.266. The van der Waals surface area contributed by atoms with Crippen LogP contribution < -0.4 is 10.0 Å². The molecular weight excluding hydrogens is 521 g/mol. The van der Waals surface area contributed by atoms with Gasteiger partial charge < -0.3 is 5.32 Å². The first-order valence-electron chi connectivity index (χ1n) is 10.8. The highest BCUT2D eigenvalue weighted by Gasteiger charge is 2.20. The molecule has 0 saturated heterocycles. The molecule has 0 unspecified atom stereocenters. The molecular formula is C23H18FN7O4S2. The number of nitrogens with zero attached hydrogens (tertiary/aromatic N) is 5. The molecule has 2 aromatic carbocycles. The number of hydrogen-bond donors (Lipinski definition) is 2. The minimum absolute atomic E-state index is 0.0354. The topological polar surface area (TPSA) is 144 Å². The van der Waals surface area contributed by atoms with E-state index in [9.17, 15) is 22.9 Å². The molecule has 0 saturated carbocycles. The molecule has 0 amide bonds. The highest BCUT2D eigenvalue weighted by atomic mass is 32.2. The van der Waals surface area contributed by atoms with Gasteiger partial charge in [-0.2, -0.15) is 0 Å². The Labute approximate surface area is 213 Å². The monoisotopic (exact) mass is 539 g/mol. The SMILES string of the molecule is O=[N+]([O-])c1cccc(-c2nc3sccn3c2-c2ccnc(NCCNS(=O)(=O)c3ccc(F)cc3)n2)c1. The molecule has 2 N–H and O–H groups in total. The third-order valence-electron chi connectivity index (χ3n) is 5.31. The van der Waals surface area contributed by atoms with E-state index in [1.807, 2.05) is 16.0 Å². The van der Waals surface area contributed by atoms with Crippen LogP contribution in [0.1, 0.15) is 0 Å². The number of thiazole rings is 1. The molecule has 3 heterocycles. The molecule has 0 atom stereocenters. The summed E-state index contributed by atoms with van der Waals surface area (Å²) in [5, 5.41) is 16.1. The molecule has 0 aliphatic carbocycles. The summed E-state index contributed by atoms with van der Waals surface area (Å²) in [7, 11) is -3.79. The van der Waals surface area contributed by atoms with Gasteiger partial charge in [-0.1, -0.05) is 12.1 Å². The number of rotatable bonds is 9. The summed E-state index contributed by atoms with van der Waals surface area (Å²) in [4.78, 5) is 24.9. The highest BCUT2D eigenvalue weighted by Crippen LogP contribution is 2.34. The van der Waals surface area contributed by atoms with E-state index in [4.69, 9.17) is 0 Å². The Hall–Kier alpha value is -4.27. The van der Waals surface area contributed by atoms with Crippen LogP contribution in [0.5, 0.6) is 0 Å². The Morgan fingerprint density at radius 2 is 1.89 bits per heavy atom. The van der Waals surface area contributed by atoms with E-state index in [2.05, 4.69) is 25.0 Å². The van der Waals surface area contributed by atoms with Gasteiger partial charge in [-0.15, -0.1) is 11.3 Å². The van der Waals surface area contributed by atoms with Gasteiger partial charge in [-0.3, -0.25) is 14.5 Å². The normalized spacial score (nSPS) is 11.6. The number of hydrogen-bond acceptors (Lipinski definition) is 9. The predicted octanol–water partition coefficient (Wildman–Crippen LogP) is 3.96. The first-order valence-corrected chi connectivity index (χ1v) is 13.2. The van der Waals surface area contributed by atoms with Gasteiger partial charge in [-0.25, -0.2) is 32.5 Å². The molecule has 0 spiro atoms. The quantitative estimate of drug-likeness (QED) is 0.163. The van der Waals surface area contributed by atoms with Crippen molar-refractivity contribution in [3.63, 3.8) is 0 Å². The smallest absolute Gasteiger partial charge is 0.270 e. The first-order chi connectivity index (χ1) is 17.8. The van der Waals surface area contributed by atoms with E-state index >= 15 is 0 Å². The van der Waals surface area contributed by atoms with Gasteiger partial charge in [-0.05, 0) is 30.3 Å². The fourth-order valence-electron chi connectivity index (χ4n) is 3.63. The van der Waals surface area contributed by atoms with Crippen LogP contribution in [0.4, 0.5) is 16.0 Å². The second-order valence-electron chi connectivity index (χ2n) is 7.72. The lowest BCUT2D eigenvalue weighted by Gasteiger charge is -2.09. The van der Waals surface area contributed by atoms with Crippen LogP contribution in [0.2, 0.25) is 0 Å². The molecule has 11 nitrogen and oxygen atoms in total. The number of non-ortho nitro benzene ring substituents is 1. The van der Waals surface area contributed by atoms with E-state index in [1.54, 1.807) is 24.4 Å². The van der Waals surface area contributed by atoms with Crippen LogP contribution in [0.25, 0.3) is 27.6 Å². The minimum Gasteiger partial charge on any atom is -0.353 e. The lowest BCUT2D eigenvalue weighted by atomic mass is 10.1. The maximum atomic E-state index is 13.1. The Morgan fingerprint density at radius 3 is 2.68 bits per heavy atom. The Morgan fingerprint density at radius 1 is 1.08 bits per heavy atom. The van der Waals surface area contributed by atoms with Crippen molar-refractivity contribution in [3.8, 4) is 22.6 Å². The van der Waals surface area contributed by atoms with Crippen molar-refractivity contribution in [2.75, 3.05) is 18.4 Å². The number of nitrogens with one attached hydrogen (secondary N) is 2. The maximum absolute atomic E-state index is 13.1. The molecule has 0 aliphatic rings. The van der Waals surface area contributed by atoms with Gasteiger partial charge in [0.1, 0.15) is 17.2 Å². The number of anilines is 1. The molecule has 188 valence electrons. The number of imidazole rings is 1. The zero-order valence-electron chi connectivity index (χ0n) is 18.9. The summed E-state index contributed by atoms with van der Waals surface area (Å²) >= 11 is 1.42. The minimum atomic E-state index is -3.79. The number of sulfonamides is 1. The standard InChI is InChI=1S/C23H18FN7O4S2/c24-16-4-6-18(7-5-16)37(34,35)27-11-10-26-22-25-9-8-19(28-22)21-20(29-23-30(21)12-13-36-23)15-2-1-3-17(14-15)31(32)33/h1-9,12-14,27H,10-11H2,(H,25,26,28). The average molecular weight is 540 g/mol. The van der Waals surface area contributed by atoms with Crippen molar-refractivity contribution in [1.29, 1.82) is 0 Å². The third-order valence-corrected chi connectivity index (χ3v) is 7.55. The van der Waals surface area contributed by atoms with E-state index in [-0.39, 0.29) is 29.6 Å². The van der Waals surface area contributed by atoms with Crippen LogP contribution in [-0.4, -0.2) is 45.8 Å². The highest BCUT2D eigenvalue weighted by molar-refractivity contribution is 7.89. The summed E-state index contributed by atoms with van der Waals surface area (Å²) in [5.41, 5.74) is 2.22. The molecule has 5 rings (SSSR count). The van der Waals surface area contributed by atoms with Gasteiger partial charge >= 0.3 is 0 Å². The van der Waals surface area contributed by atoms with Crippen LogP contribution in [0.3, 0.4) is 0 Å². The van der Waals surface area contributed by atoms with Crippen LogP contribution in [0.15, 0.2) is 77.3 Å². The zero-order chi connectivity index (χ0) is 26.0. The summed E-state index contributed by atoms with van der Waals surface area (Å²) in [6.07, 6.45) is 3.39. The summed E-state index contributed by atoms with van der Waals surface area (Å²) in [6.45, 7) is 0.218. The second kappa shape index (κ2) is 10.0. The molecule has 5 aromatic rings. The van der Waals surface area contributed by atoms with E-state index in [0.717, 1.165) is 12.1 Å². The fourth-order valence-corrected chi connectivity index (χ4v) is 5.38. The zero-order valence-corrected chi connectivity index (χ0v) is 20.5. The van der Waals surface area contributed by atoms with Crippen molar-refractivity contribution in [1.82, 2.24) is 24.1 Å². The lowest BCUT2D eigenvalue weighted by molar-refractivity contribution is -0.384. The lowest BCUT2D eigenvalue weighted by Crippen LogP contribution is -2.29. The number of nitro groups is 1.